The topological polar surface area (TPSA) is 77.3 Å². The molecule has 0 spiro atoms. The fourth-order valence-electron chi connectivity index (χ4n) is 11.6. The van der Waals surface area contributed by atoms with Gasteiger partial charge >= 0.3 is 0 Å². The molecule has 0 N–H and O–H groups in total. The van der Waals surface area contributed by atoms with Crippen LogP contribution in [0.3, 0.4) is 0 Å². The summed E-state index contributed by atoms with van der Waals surface area (Å²) >= 11 is 0. The molecule has 79 heavy (non-hydrogen) atoms. The van der Waals surface area contributed by atoms with Gasteiger partial charge in [-0.3, -0.25) is 15.0 Å². The van der Waals surface area contributed by atoms with E-state index in [2.05, 4.69) is 235 Å². The largest absolute Gasteiger partial charge is 0.264 e. The smallest absolute Gasteiger partial charge is 0.128 e. The molecule has 378 valence electrons. The van der Waals surface area contributed by atoms with Crippen molar-refractivity contribution in [3.63, 3.8) is 0 Å². The van der Waals surface area contributed by atoms with Crippen LogP contribution in [0.25, 0.3) is 130 Å². The van der Waals surface area contributed by atoms with E-state index in [-0.39, 0.29) is 0 Å². The molecule has 0 fully saturated rings. The number of pyridine rings is 2. The van der Waals surface area contributed by atoms with Crippen molar-refractivity contribution < 1.29 is 1.37 Å². The summed E-state index contributed by atoms with van der Waals surface area (Å²) in [5.41, 5.74) is 6.31. The van der Waals surface area contributed by atoms with Crippen LogP contribution in [-0.2, 0) is 19.3 Å². The Balaban J connectivity index is 0.000000101. The van der Waals surface area contributed by atoms with Gasteiger partial charge in [0.2, 0.25) is 0 Å². The van der Waals surface area contributed by atoms with Crippen LogP contribution in [0.1, 0.15) is 44.9 Å². The molecular weight excluding hydrogens is 961 g/mol. The third-order valence-electron chi connectivity index (χ3n) is 15.4. The van der Waals surface area contributed by atoms with E-state index in [9.17, 15) is 0 Å². The van der Waals surface area contributed by atoms with Gasteiger partial charge in [-0.15, -0.1) is 0 Å². The number of fused-ring (bicyclic) bond motifs is 24. The van der Waals surface area contributed by atoms with E-state index >= 15 is 0 Å². The number of rotatable bonds is 3. The second-order valence-electron chi connectivity index (χ2n) is 20.0. The van der Waals surface area contributed by atoms with Gasteiger partial charge in [-0.1, -0.05) is 214 Å². The van der Waals surface area contributed by atoms with Gasteiger partial charge in [0.05, 0.1) is 22.2 Å². The van der Waals surface area contributed by atoms with Crippen LogP contribution >= 0.6 is 0 Å². The standard InChI is InChI=1S/C19H15N.2C18H14N2.C18H13N/c1-2-13-11-18-16-9-5-3-7-14(16)15-8-4-6-10-17(15)19(18)12-20-13;1-2-12-11-19-17-15-9-5-3-7-13(15)14-8-4-6-10-16(14)18(17)20-12;1-2-17-19-11-16-14-9-4-3-7-12(14)13-8-5-6-10-15(13)18(16)20-17;1-12-6-7-15-16-8-9-19-11-18(16)14-5-3-2-4-13(14)17(15)10-12/h3-12H,2H2,1H3;2*3-11H,2H2,1H3;2-11H,1H3/i;;;1D. The normalized spacial score (nSPS) is 11.6. The molecule has 0 bridgehead atoms. The van der Waals surface area contributed by atoms with Crippen LogP contribution < -0.4 is 0 Å². The van der Waals surface area contributed by atoms with E-state index in [1.54, 1.807) is 0 Å². The Morgan fingerprint density at radius 2 is 0.696 bits per heavy atom. The van der Waals surface area contributed by atoms with E-state index < -0.39 is 0 Å². The van der Waals surface area contributed by atoms with Crippen LogP contribution in [-0.4, -0.2) is 29.9 Å². The van der Waals surface area contributed by atoms with E-state index in [0.29, 0.717) is 6.90 Å². The maximum Gasteiger partial charge on any atom is 0.128 e. The Morgan fingerprint density at radius 3 is 1.22 bits per heavy atom. The molecule has 0 aliphatic heterocycles. The Bertz CT molecular complexity index is 4260. The maximum atomic E-state index is 7.58. The summed E-state index contributed by atoms with van der Waals surface area (Å²) in [6.45, 7) is 6.67. The molecule has 4 aromatic heterocycles. The molecule has 0 aliphatic rings. The minimum Gasteiger partial charge on any atom is -0.264 e. The van der Waals surface area contributed by atoms with Gasteiger partial charge in [0.1, 0.15) is 5.82 Å². The van der Waals surface area contributed by atoms with E-state index in [1.165, 1.54) is 108 Å². The first-order chi connectivity index (χ1) is 39.5. The number of benzene rings is 12. The first-order valence-electron chi connectivity index (χ1n) is 28.0. The molecule has 0 unspecified atom stereocenters. The zero-order valence-corrected chi connectivity index (χ0v) is 44.5. The lowest BCUT2D eigenvalue weighted by Crippen LogP contribution is -1.94. The molecule has 0 saturated carbocycles. The molecule has 0 saturated heterocycles. The van der Waals surface area contributed by atoms with Crippen LogP contribution in [0, 0.1) is 6.90 Å². The molecule has 0 atom stereocenters. The van der Waals surface area contributed by atoms with Gasteiger partial charge in [-0.2, -0.15) is 0 Å². The lowest BCUT2D eigenvalue weighted by molar-refractivity contribution is 0.963. The monoisotopic (exact) mass is 1020 g/mol. The van der Waals surface area contributed by atoms with Gasteiger partial charge in [0.25, 0.3) is 0 Å². The lowest BCUT2D eigenvalue weighted by atomic mass is 9.94. The predicted octanol–water partition coefficient (Wildman–Crippen LogP) is 19.0. The van der Waals surface area contributed by atoms with Crippen LogP contribution in [0.4, 0.5) is 0 Å². The predicted molar refractivity (Wildman–Crippen MR) is 335 cm³/mol. The van der Waals surface area contributed by atoms with E-state index in [0.717, 1.165) is 64.0 Å². The zero-order valence-electron chi connectivity index (χ0n) is 45.5. The van der Waals surface area contributed by atoms with Gasteiger partial charge < -0.3 is 0 Å². The minimum absolute atomic E-state index is 0.318. The summed E-state index contributed by atoms with van der Waals surface area (Å²) < 4.78 is 7.58. The fraction of sp³-hybridized carbons (Fsp3) is 0.0959. The minimum atomic E-state index is 0.318. The first kappa shape index (κ1) is 47.7. The van der Waals surface area contributed by atoms with E-state index in [4.69, 9.17) is 11.3 Å². The zero-order chi connectivity index (χ0) is 54.1. The molecule has 0 radical (unpaired) electrons. The summed E-state index contributed by atoms with van der Waals surface area (Å²) in [6, 6.07) is 70.2. The highest BCUT2D eigenvalue weighted by atomic mass is 14.9. The maximum absolute atomic E-state index is 7.58. The van der Waals surface area contributed by atoms with Crippen molar-refractivity contribution in [1.82, 2.24) is 29.9 Å². The summed E-state index contributed by atoms with van der Waals surface area (Å²) in [7, 11) is 0. The Labute approximate surface area is 459 Å². The Hall–Kier alpha value is -9.78. The van der Waals surface area contributed by atoms with Crippen molar-refractivity contribution in [1.29, 1.82) is 0 Å². The van der Waals surface area contributed by atoms with E-state index in [1.807, 2.05) is 37.1 Å². The van der Waals surface area contributed by atoms with Crippen molar-refractivity contribution in [2.75, 3.05) is 0 Å². The molecular formula is C73H56N6. The average molecular weight is 1020 g/mol. The molecule has 6 heteroatoms. The molecule has 4 heterocycles. The third kappa shape index (κ3) is 8.81. The number of nitrogens with zero attached hydrogens (tertiary/aromatic N) is 6. The Kier molecular flexibility index (Phi) is 12.7. The SMILES string of the molecule is CCc1cc2c3ccccc3c3ccccc3c2cn1.CCc1cnc2c3ccccc3c3ccccc3c2n1.CCc1ncc2c3ccccc3c3ccccc3c2n1.[2H]Cc1ccc2c3ccncc3c3ccccc3c2c1. The van der Waals surface area contributed by atoms with Crippen LogP contribution in [0.2, 0.25) is 0 Å². The first-order valence-corrected chi connectivity index (χ1v) is 27.3. The van der Waals surface area contributed by atoms with Gasteiger partial charge in [0, 0.05) is 76.8 Å². The van der Waals surface area contributed by atoms with Crippen molar-refractivity contribution in [2.45, 2.75) is 46.9 Å². The molecule has 0 aliphatic carbocycles. The number of aryl methyl sites for hydroxylation is 4. The quantitative estimate of drug-likeness (QED) is 0.164. The van der Waals surface area contributed by atoms with Crippen LogP contribution in [0.5, 0.6) is 0 Å². The summed E-state index contributed by atoms with van der Waals surface area (Å²) in [5.74, 6) is 0.901. The lowest BCUT2D eigenvalue weighted by Gasteiger charge is -2.10. The molecule has 6 nitrogen and oxygen atoms in total. The van der Waals surface area contributed by atoms with Crippen LogP contribution in [0.15, 0.2) is 231 Å². The number of hydrogen-bond acceptors (Lipinski definition) is 6. The number of aromatic nitrogens is 6. The highest BCUT2D eigenvalue weighted by Gasteiger charge is 2.14. The highest BCUT2D eigenvalue weighted by Crippen LogP contribution is 2.38. The van der Waals surface area contributed by atoms with Crippen molar-refractivity contribution in [3.8, 4) is 0 Å². The van der Waals surface area contributed by atoms with Crippen molar-refractivity contribution >= 4 is 130 Å². The molecule has 12 aromatic carbocycles. The van der Waals surface area contributed by atoms with Crippen molar-refractivity contribution in [2.24, 2.45) is 0 Å². The second kappa shape index (κ2) is 21.0. The van der Waals surface area contributed by atoms with Gasteiger partial charge in [0.15, 0.2) is 0 Å². The van der Waals surface area contributed by atoms with Crippen molar-refractivity contribution in [3.05, 3.63) is 254 Å². The second-order valence-corrected chi connectivity index (χ2v) is 20.0. The van der Waals surface area contributed by atoms with Gasteiger partial charge in [-0.05, 0) is 113 Å². The summed E-state index contributed by atoms with van der Waals surface area (Å²) in [6.07, 6.45) is 12.4. The van der Waals surface area contributed by atoms with Gasteiger partial charge in [-0.25, -0.2) is 15.0 Å². The Morgan fingerprint density at radius 1 is 0.291 bits per heavy atom. The highest BCUT2D eigenvalue weighted by molar-refractivity contribution is 6.27. The number of hydrogen-bond donors (Lipinski definition) is 0. The average Bonchev–Trinajstić information content (AvgIpc) is 3.71. The third-order valence-corrected chi connectivity index (χ3v) is 15.4. The molecule has 16 aromatic rings. The fourth-order valence-corrected chi connectivity index (χ4v) is 11.6. The summed E-state index contributed by atoms with van der Waals surface area (Å²) in [5, 5.41) is 26.1. The summed E-state index contributed by atoms with van der Waals surface area (Å²) in [4.78, 5) is 27.6. The molecule has 16 rings (SSSR count). The molecule has 0 amide bonds.